The molecule has 0 radical (unpaired) electrons. The molecule has 0 fully saturated rings. The second-order valence-corrected chi connectivity index (χ2v) is 37.4. The van der Waals surface area contributed by atoms with Crippen LogP contribution in [0.25, 0.3) is 22.1 Å². The first kappa shape index (κ1) is 53.4. The number of hydrogen-bond acceptors (Lipinski definition) is 3. The zero-order chi connectivity index (χ0) is 56.2. The Bertz CT molecular complexity index is 3630. The van der Waals surface area contributed by atoms with Crippen molar-refractivity contribution in [3.05, 3.63) is 142 Å². The molecule has 0 N–H and O–H groups in total. The van der Waals surface area contributed by atoms with Gasteiger partial charge in [0.05, 0.1) is 25.1 Å². The zero-order valence-electron chi connectivity index (χ0n) is 51.9. The SMILES string of the molecule is CC(C)(C)c1ccc(N2c3cc(C(C)(C)C)cc4c3B(c3cc5c(cc3N4c3cc4c(cc3-c3ccc([Si](C)(C)C)cc3)C(C)(C)CCC4(C)C)C(C)(C)CCC5(C)C)c3oc4cc5c(cc4c32)C(C)(C)CCC5(C)C)cc1. The highest BCUT2D eigenvalue weighted by Gasteiger charge is 2.51. The van der Waals surface area contributed by atoms with Gasteiger partial charge in [0, 0.05) is 33.7 Å². The summed E-state index contributed by atoms with van der Waals surface area (Å²) in [6, 6.07) is 40.3. The van der Waals surface area contributed by atoms with Crippen molar-refractivity contribution >= 4 is 81.7 Å². The van der Waals surface area contributed by atoms with Crippen LogP contribution in [-0.2, 0) is 43.3 Å². The van der Waals surface area contributed by atoms with Gasteiger partial charge in [-0.1, -0.05) is 192 Å². The second kappa shape index (κ2) is 16.7. The monoisotopic (exact) mass is 1050 g/mol. The summed E-state index contributed by atoms with van der Waals surface area (Å²) in [5.41, 5.74) is 26.2. The van der Waals surface area contributed by atoms with E-state index in [0.717, 1.165) is 49.8 Å². The third kappa shape index (κ3) is 8.13. The lowest BCUT2D eigenvalue weighted by atomic mass is 9.35. The van der Waals surface area contributed by atoms with Crippen molar-refractivity contribution in [3.8, 4) is 11.1 Å². The summed E-state index contributed by atoms with van der Waals surface area (Å²) < 4.78 is 7.83. The highest BCUT2D eigenvalue weighted by molar-refractivity contribution is 7.00. The lowest BCUT2D eigenvalue weighted by molar-refractivity contribution is 0.332. The fourth-order valence-corrected chi connectivity index (χ4v) is 16.0. The Morgan fingerprint density at radius 3 is 1.37 bits per heavy atom. The van der Waals surface area contributed by atoms with Crippen molar-refractivity contribution in [2.45, 2.75) is 226 Å². The molecule has 5 heteroatoms. The number of anilines is 6. The van der Waals surface area contributed by atoms with Crippen LogP contribution in [-0.4, -0.2) is 14.8 Å². The molecule has 3 nitrogen and oxygen atoms in total. The zero-order valence-corrected chi connectivity index (χ0v) is 52.9. The number of rotatable bonds is 4. The van der Waals surface area contributed by atoms with Crippen LogP contribution in [0.1, 0.15) is 208 Å². The number of furan rings is 1. The highest BCUT2D eigenvalue weighted by atomic mass is 28.3. The van der Waals surface area contributed by atoms with Crippen molar-refractivity contribution < 1.29 is 4.42 Å². The van der Waals surface area contributed by atoms with Crippen molar-refractivity contribution in [1.29, 1.82) is 0 Å². The Kier molecular flexibility index (Phi) is 11.4. The summed E-state index contributed by atoms with van der Waals surface area (Å²) in [4.78, 5) is 5.44. The Morgan fingerprint density at radius 1 is 0.449 bits per heavy atom. The molecule has 5 aliphatic rings. The van der Waals surface area contributed by atoms with Gasteiger partial charge in [-0.3, -0.25) is 0 Å². The summed E-state index contributed by atoms with van der Waals surface area (Å²) in [6.45, 7) is 51.3. The standard InChI is InChI=1S/C73H91BN2OSi/c1-66(2,3)45-24-26-47(27-25-45)75-60-36-46(67(4,5)6)37-61-63(60)74(65-64(75)50-39-52-56(43-62(50)77-65)73(17,18)35-31-69(52,9)10)57-40-53-55(72(15,16)34-32-70(53,11)12)42-59(57)76(61)58-41-54-51(68(7,8)30-33-71(54,13)14)38-49(58)44-22-28-48(29-23-44)78(19,20)21/h22-29,36-43H,30-35H2,1-21H3. The number of benzene rings is 6. The summed E-state index contributed by atoms with van der Waals surface area (Å²) in [7, 11) is -1.57. The Balaban J connectivity index is 1.26. The molecule has 3 heterocycles. The number of fused-ring (bicyclic) bond motifs is 9. The van der Waals surface area contributed by atoms with Crippen LogP contribution in [0.5, 0.6) is 0 Å². The third-order valence-corrected chi connectivity index (χ3v) is 22.8. The Hall–Kier alpha value is -5.26. The van der Waals surface area contributed by atoms with Crippen LogP contribution in [0.3, 0.4) is 0 Å². The Labute approximate surface area is 472 Å². The lowest BCUT2D eigenvalue weighted by Crippen LogP contribution is -2.61. The number of nitrogens with zero attached hydrogens (tertiary/aromatic N) is 2. The molecule has 6 aromatic carbocycles. The summed E-state index contributed by atoms with van der Waals surface area (Å²) in [5, 5.41) is 2.71. The van der Waals surface area contributed by atoms with Crippen LogP contribution in [0.4, 0.5) is 34.1 Å². The van der Waals surface area contributed by atoms with E-state index in [2.05, 4.69) is 251 Å². The van der Waals surface area contributed by atoms with Gasteiger partial charge < -0.3 is 14.2 Å². The molecule has 0 spiro atoms. The topological polar surface area (TPSA) is 19.6 Å². The predicted octanol–water partition coefficient (Wildman–Crippen LogP) is 18.4. The molecule has 0 atom stereocenters. The summed E-state index contributed by atoms with van der Waals surface area (Å²) in [6.07, 6.45) is 6.92. The molecule has 3 aliphatic carbocycles. The van der Waals surface area contributed by atoms with Crippen LogP contribution in [0, 0.1) is 0 Å². The molecule has 78 heavy (non-hydrogen) atoms. The van der Waals surface area contributed by atoms with Crippen molar-refractivity contribution in [2.75, 3.05) is 9.80 Å². The first-order valence-corrected chi connectivity index (χ1v) is 33.5. The highest BCUT2D eigenvalue weighted by Crippen LogP contribution is 2.57. The van der Waals surface area contributed by atoms with E-state index in [1.165, 1.54) is 111 Å². The minimum Gasteiger partial charge on any atom is -0.468 e. The van der Waals surface area contributed by atoms with Crippen LogP contribution in [0.2, 0.25) is 19.6 Å². The fraction of sp³-hybridized carbons (Fsp3) is 0.479. The molecule has 406 valence electrons. The van der Waals surface area contributed by atoms with Crippen LogP contribution >= 0.6 is 0 Å². The van der Waals surface area contributed by atoms with Gasteiger partial charge in [-0.25, -0.2) is 0 Å². The largest absolute Gasteiger partial charge is 0.468 e. The minimum atomic E-state index is -1.57. The maximum Gasteiger partial charge on any atom is 0.297 e. The molecule has 0 bridgehead atoms. The molecular formula is C73H91BN2OSi. The van der Waals surface area contributed by atoms with Crippen LogP contribution in [0.15, 0.2) is 101 Å². The van der Waals surface area contributed by atoms with Gasteiger partial charge in [0.1, 0.15) is 5.58 Å². The van der Waals surface area contributed by atoms with Crippen molar-refractivity contribution in [1.82, 2.24) is 0 Å². The summed E-state index contributed by atoms with van der Waals surface area (Å²) in [5.74, 6) is 0. The van der Waals surface area contributed by atoms with E-state index in [4.69, 9.17) is 4.42 Å². The first-order valence-electron chi connectivity index (χ1n) is 30.0. The quantitative estimate of drug-likeness (QED) is 0.164. The second-order valence-electron chi connectivity index (χ2n) is 32.3. The van der Waals surface area contributed by atoms with Gasteiger partial charge in [0.25, 0.3) is 6.71 Å². The third-order valence-electron chi connectivity index (χ3n) is 20.7. The maximum absolute atomic E-state index is 7.83. The predicted molar refractivity (Wildman–Crippen MR) is 342 cm³/mol. The fourth-order valence-electron chi connectivity index (χ4n) is 14.8. The average molecular weight is 1050 g/mol. The molecule has 0 unspecified atom stereocenters. The van der Waals surface area contributed by atoms with Gasteiger partial charge in [0.2, 0.25) is 0 Å². The molecular weight excluding hydrogens is 960 g/mol. The molecule has 7 aromatic rings. The smallest absolute Gasteiger partial charge is 0.297 e. The van der Waals surface area contributed by atoms with Gasteiger partial charge in [-0.2, -0.15) is 0 Å². The van der Waals surface area contributed by atoms with Crippen molar-refractivity contribution in [2.24, 2.45) is 0 Å². The molecule has 1 aromatic heterocycles. The van der Waals surface area contributed by atoms with E-state index >= 15 is 0 Å². The van der Waals surface area contributed by atoms with Gasteiger partial charge >= 0.3 is 0 Å². The molecule has 2 aliphatic heterocycles. The molecule has 12 rings (SSSR count). The average Bonchev–Trinajstić information content (AvgIpc) is 3.89. The Morgan fingerprint density at radius 2 is 0.885 bits per heavy atom. The van der Waals surface area contributed by atoms with E-state index < -0.39 is 8.07 Å². The van der Waals surface area contributed by atoms with E-state index in [1.54, 1.807) is 0 Å². The molecule has 0 saturated carbocycles. The maximum atomic E-state index is 7.83. The summed E-state index contributed by atoms with van der Waals surface area (Å²) >= 11 is 0. The van der Waals surface area contributed by atoms with E-state index in [-0.39, 0.29) is 50.0 Å². The van der Waals surface area contributed by atoms with Gasteiger partial charge in [0.15, 0.2) is 0 Å². The van der Waals surface area contributed by atoms with Crippen LogP contribution < -0.4 is 31.6 Å². The van der Waals surface area contributed by atoms with Crippen molar-refractivity contribution in [3.63, 3.8) is 0 Å². The number of hydrogen-bond donors (Lipinski definition) is 0. The van der Waals surface area contributed by atoms with E-state index in [9.17, 15) is 0 Å². The van der Waals surface area contributed by atoms with Gasteiger partial charge in [-0.05, 0) is 197 Å². The van der Waals surface area contributed by atoms with Gasteiger partial charge in [-0.15, -0.1) is 0 Å². The lowest BCUT2D eigenvalue weighted by Gasteiger charge is -2.48. The molecule has 0 amide bonds. The normalized spacial score (nSPS) is 20.1. The first-order chi connectivity index (χ1) is 36.0. The van der Waals surface area contributed by atoms with E-state index in [1.807, 2.05) is 0 Å². The van der Waals surface area contributed by atoms with E-state index in [0.29, 0.717) is 0 Å². The minimum absolute atomic E-state index is 0.00293. The molecule has 0 saturated heterocycles.